The number of nitrogens with zero attached hydrogens (tertiary/aromatic N) is 3. The first-order chi connectivity index (χ1) is 7.26. The van der Waals surface area contributed by atoms with Crippen molar-refractivity contribution in [2.24, 2.45) is 0 Å². The molecule has 0 unspecified atom stereocenters. The van der Waals surface area contributed by atoms with Crippen molar-refractivity contribution in [1.29, 1.82) is 0 Å². The number of likely N-dealkylation sites (N-methyl/N-ethyl adjacent to an activating group) is 1. The zero-order chi connectivity index (χ0) is 11.1. The highest BCUT2D eigenvalue weighted by Crippen LogP contribution is 2.00. The van der Waals surface area contributed by atoms with Gasteiger partial charge in [-0.05, 0) is 26.9 Å². The molecule has 15 heavy (non-hydrogen) atoms. The molecule has 0 spiro atoms. The van der Waals surface area contributed by atoms with E-state index in [1.54, 1.807) is 0 Å². The van der Waals surface area contributed by atoms with Gasteiger partial charge in [-0.3, -0.25) is 4.79 Å². The number of carbonyl (C=O) groups is 1. The summed E-state index contributed by atoms with van der Waals surface area (Å²) in [5, 5.41) is 0. The lowest BCUT2D eigenvalue weighted by Crippen LogP contribution is -2.45. The van der Waals surface area contributed by atoms with Crippen LogP contribution in [0.25, 0.3) is 0 Å². The van der Waals surface area contributed by atoms with E-state index in [4.69, 9.17) is 0 Å². The molecule has 0 aromatic carbocycles. The molecule has 1 heterocycles. The predicted octanol–water partition coefficient (Wildman–Crippen LogP) is 0.102. The number of piperazine rings is 1. The van der Waals surface area contributed by atoms with Gasteiger partial charge in [0.25, 0.3) is 0 Å². The highest BCUT2D eigenvalue weighted by molar-refractivity contribution is 5.46. The summed E-state index contributed by atoms with van der Waals surface area (Å²) in [7, 11) is 2.17. The maximum absolute atomic E-state index is 10.6. The Morgan fingerprint density at radius 1 is 1.27 bits per heavy atom. The van der Waals surface area contributed by atoms with Crippen molar-refractivity contribution in [2.45, 2.75) is 13.3 Å². The van der Waals surface area contributed by atoms with Crippen LogP contribution >= 0.6 is 0 Å². The topological polar surface area (TPSA) is 26.8 Å². The van der Waals surface area contributed by atoms with Crippen molar-refractivity contribution < 1.29 is 4.79 Å². The van der Waals surface area contributed by atoms with E-state index in [-0.39, 0.29) is 0 Å². The van der Waals surface area contributed by atoms with Crippen LogP contribution in [0, 0.1) is 0 Å². The SMILES string of the molecule is CCN(C=O)CCCN1CCN(C)CC1. The van der Waals surface area contributed by atoms with Crippen LogP contribution in [0.5, 0.6) is 0 Å². The van der Waals surface area contributed by atoms with E-state index in [9.17, 15) is 4.79 Å². The molecular weight excluding hydrogens is 190 g/mol. The number of amides is 1. The van der Waals surface area contributed by atoms with E-state index in [0.717, 1.165) is 32.5 Å². The first-order valence-electron chi connectivity index (χ1n) is 5.86. The molecule has 4 nitrogen and oxygen atoms in total. The van der Waals surface area contributed by atoms with Crippen molar-refractivity contribution in [3.8, 4) is 0 Å². The maximum atomic E-state index is 10.6. The van der Waals surface area contributed by atoms with Gasteiger partial charge in [-0.1, -0.05) is 0 Å². The molecule has 1 amide bonds. The van der Waals surface area contributed by atoms with Crippen molar-refractivity contribution in [1.82, 2.24) is 14.7 Å². The largest absolute Gasteiger partial charge is 0.345 e. The maximum Gasteiger partial charge on any atom is 0.209 e. The lowest BCUT2D eigenvalue weighted by Gasteiger charge is -2.32. The smallest absolute Gasteiger partial charge is 0.209 e. The zero-order valence-electron chi connectivity index (χ0n) is 9.98. The van der Waals surface area contributed by atoms with E-state index in [1.165, 1.54) is 26.2 Å². The molecule has 0 radical (unpaired) electrons. The summed E-state index contributed by atoms with van der Waals surface area (Å²) in [6.45, 7) is 9.55. The second-order valence-electron chi connectivity index (χ2n) is 4.23. The molecule has 1 fully saturated rings. The van der Waals surface area contributed by atoms with Crippen LogP contribution in [0.15, 0.2) is 0 Å². The van der Waals surface area contributed by atoms with Crippen LogP contribution in [0.1, 0.15) is 13.3 Å². The van der Waals surface area contributed by atoms with Crippen molar-refractivity contribution in [3.05, 3.63) is 0 Å². The van der Waals surface area contributed by atoms with Crippen molar-refractivity contribution in [2.75, 3.05) is 52.9 Å². The highest BCUT2D eigenvalue weighted by atomic mass is 16.1. The highest BCUT2D eigenvalue weighted by Gasteiger charge is 2.12. The Morgan fingerprint density at radius 2 is 1.93 bits per heavy atom. The van der Waals surface area contributed by atoms with Crippen LogP contribution in [-0.2, 0) is 4.79 Å². The van der Waals surface area contributed by atoms with Crippen molar-refractivity contribution >= 4 is 6.41 Å². The average Bonchev–Trinajstić information content (AvgIpc) is 2.27. The minimum atomic E-state index is 0.826. The molecule has 0 saturated carbocycles. The Morgan fingerprint density at radius 3 is 2.47 bits per heavy atom. The van der Waals surface area contributed by atoms with E-state index >= 15 is 0 Å². The zero-order valence-corrected chi connectivity index (χ0v) is 9.98. The van der Waals surface area contributed by atoms with Crippen molar-refractivity contribution in [3.63, 3.8) is 0 Å². The molecule has 1 saturated heterocycles. The number of rotatable bonds is 6. The Kier molecular flexibility index (Phi) is 5.65. The van der Waals surface area contributed by atoms with Crippen LogP contribution in [0.2, 0.25) is 0 Å². The summed E-state index contributed by atoms with van der Waals surface area (Å²) in [5.41, 5.74) is 0. The fraction of sp³-hybridized carbons (Fsp3) is 0.909. The van der Waals surface area contributed by atoms with E-state index < -0.39 is 0 Å². The monoisotopic (exact) mass is 213 g/mol. The third kappa shape index (κ3) is 4.62. The summed E-state index contributed by atoms with van der Waals surface area (Å²) in [4.78, 5) is 17.2. The number of hydrogen-bond donors (Lipinski definition) is 0. The van der Waals surface area contributed by atoms with Gasteiger partial charge in [0.05, 0.1) is 0 Å². The predicted molar refractivity (Wildman–Crippen MR) is 61.9 cm³/mol. The van der Waals surface area contributed by atoms with Crippen LogP contribution in [-0.4, -0.2) is 74.0 Å². The molecule has 0 aliphatic carbocycles. The van der Waals surface area contributed by atoms with Crippen LogP contribution in [0.4, 0.5) is 0 Å². The lowest BCUT2D eigenvalue weighted by molar-refractivity contribution is -0.118. The Bertz CT molecular complexity index is 179. The van der Waals surface area contributed by atoms with Gasteiger partial charge >= 0.3 is 0 Å². The molecule has 0 aromatic rings. The van der Waals surface area contributed by atoms with Gasteiger partial charge in [-0.15, -0.1) is 0 Å². The summed E-state index contributed by atoms with van der Waals surface area (Å²) in [5.74, 6) is 0. The molecule has 1 aliphatic heterocycles. The standard InChI is InChI=1S/C11H23N3O/c1-3-13(11-15)5-4-6-14-9-7-12(2)8-10-14/h11H,3-10H2,1-2H3. The molecule has 0 aromatic heterocycles. The lowest BCUT2D eigenvalue weighted by atomic mass is 10.3. The summed E-state index contributed by atoms with van der Waals surface area (Å²) >= 11 is 0. The van der Waals surface area contributed by atoms with Gasteiger partial charge in [0.15, 0.2) is 0 Å². The number of hydrogen-bond acceptors (Lipinski definition) is 3. The Balaban J connectivity index is 2.07. The minimum absolute atomic E-state index is 0.826. The Labute approximate surface area is 92.8 Å². The minimum Gasteiger partial charge on any atom is -0.345 e. The first kappa shape index (κ1) is 12.5. The van der Waals surface area contributed by atoms with Gasteiger partial charge in [-0.25, -0.2) is 0 Å². The molecule has 1 rings (SSSR count). The molecule has 1 aliphatic rings. The van der Waals surface area contributed by atoms with Gasteiger partial charge in [-0.2, -0.15) is 0 Å². The third-order valence-corrected chi connectivity index (χ3v) is 3.07. The fourth-order valence-corrected chi connectivity index (χ4v) is 1.85. The molecule has 0 atom stereocenters. The molecule has 0 N–H and O–H groups in total. The second kappa shape index (κ2) is 6.80. The van der Waals surface area contributed by atoms with E-state index in [1.807, 2.05) is 11.8 Å². The third-order valence-electron chi connectivity index (χ3n) is 3.07. The second-order valence-corrected chi connectivity index (χ2v) is 4.23. The first-order valence-corrected chi connectivity index (χ1v) is 5.86. The van der Waals surface area contributed by atoms with Crippen LogP contribution < -0.4 is 0 Å². The molecule has 0 bridgehead atoms. The van der Waals surface area contributed by atoms with Gasteiger partial charge < -0.3 is 14.7 Å². The normalized spacial score (nSPS) is 19.1. The van der Waals surface area contributed by atoms with E-state index in [2.05, 4.69) is 16.8 Å². The summed E-state index contributed by atoms with van der Waals surface area (Å²) in [6.07, 6.45) is 2.04. The molecule has 88 valence electrons. The quantitative estimate of drug-likeness (QED) is 0.586. The van der Waals surface area contributed by atoms with Gasteiger partial charge in [0.1, 0.15) is 0 Å². The summed E-state index contributed by atoms with van der Waals surface area (Å²) in [6, 6.07) is 0. The molecule has 4 heteroatoms. The van der Waals surface area contributed by atoms with E-state index in [0.29, 0.717) is 0 Å². The van der Waals surface area contributed by atoms with Gasteiger partial charge in [0.2, 0.25) is 6.41 Å². The molecular formula is C11H23N3O. The number of carbonyl (C=O) groups excluding carboxylic acids is 1. The average molecular weight is 213 g/mol. The van der Waals surface area contributed by atoms with Gasteiger partial charge in [0, 0.05) is 39.3 Å². The fourth-order valence-electron chi connectivity index (χ4n) is 1.85. The Hall–Kier alpha value is -0.610. The van der Waals surface area contributed by atoms with Crippen LogP contribution in [0.3, 0.4) is 0 Å². The summed E-state index contributed by atoms with van der Waals surface area (Å²) < 4.78 is 0.